The first-order chi connectivity index (χ1) is 9.45. The molecule has 2 aromatic carbocycles. The lowest BCUT2D eigenvalue weighted by atomic mass is 10.1. The third-order valence-electron chi connectivity index (χ3n) is 2.95. The predicted molar refractivity (Wildman–Crippen MR) is 71.8 cm³/mol. The highest BCUT2D eigenvalue weighted by atomic mass is 32.2. The van der Waals surface area contributed by atoms with Crippen LogP contribution in [0.15, 0.2) is 53.4 Å². The van der Waals surface area contributed by atoms with E-state index in [0.717, 1.165) is 18.2 Å². The van der Waals surface area contributed by atoms with Crippen molar-refractivity contribution in [2.75, 3.05) is 6.54 Å². The number of hydrogen-bond acceptors (Lipinski definition) is 3. The Morgan fingerprint density at radius 1 is 1.00 bits per heavy atom. The molecule has 0 heterocycles. The number of halogens is 2. The lowest BCUT2D eigenvalue weighted by molar-refractivity contribution is 0.580. The fourth-order valence-corrected chi connectivity index (χ4v) is 3.54. The summed E-state index contributed by atoms with van der Waals surface area (Å²) < 4.78 is 51.0. The van der Waals surface area contributed by atoms with Crippen molar-refractivity contribution < 1.29 is 17.2 Å². The summed E-state index contributed by atoms with van der Waals surface area (Å²) in [6.45, 7) is -0.191. The Hall–Kier alpha value is -1.79. The Balaban J connectivity index is 2.47. The molecule has 1 atom stereocenters. The highest BCUT2D eigenvalue weighted by molar-refractivity contribution is 7.91. The normalized spacial score (nSPS) is 13.2. The summed E-state index contributed by atoms with van der Waals surface area (Å²) in [6, 6.07) is 9.76. The van der Waals surface area contributed by atoms with E-state index in [1.54, 1.807) is 0 Å². The summed E-state index contributed by atoms with van der Waals surface area (Å²) in [5, 5.41) is -1.07. The standard InChI is InChI=1S/C14H13F2NO2S/c15-11-4-6-13(7-5-11)20(18,19)14(9-17)10-2-1-3-12(16)8-10/h1-8,14H,9,17H2/t14-/m0/s1. The van der Waals surface area contributed by atoms with Crippen LogP contribution in [0.3, 0.4) is 0 Å². The van der Waals surface area contributed by atoms with Crippen LogP contribution in [0.4, 0.5) is 8.78 Å². The monoisotopic (exact) mass is 297 g/mol. The molecule has 0 fully saturated rings. The number of nitrogens with two attached hydrogens (primary N) is 1. The molecule has 0 bridgehead atoms. The van der Waals surface area contributed by atoms with Crippen LogP contribution in [-0.4, -0.2) is 15.0 Å². The van der Waals surface area contributed by atoms with E-state index >= 15 is 0 Å². The minimum atomic E-state index is -3.80. The molecule has 0 aliphatic rings. The predicted octanol–water partition coefficient (Wildman–Crippen LogP) is 2.44. The molecule has 0 saturated carbocycles. The highest BCUT2D eigenvalue weighted by Gasteiger charge is 2.28. The van der Waals surface area contributed by atoms with Crippen molar-refractivity contribution in [3.63, 3.8) is 0 Å². The second-order valence-electron chi connectivity index (χ2n) is 4.28. The SMILES string of the molecule is NC[C@@H](c1cccc(F)c1)S(=O)(=O)c1ccc(F)cc1. The summed E-state index contributed by atoms with van der Waals surface area (Å²) in [5.74, 6) is -1.06. The molecule has 20 heavy (non-hydrogen) atoms. The van der Waals surface area contributed by atoms with E-state index in [1.165, 1.54) is 30.3 Å². The molecule has 0 spiro atoms. The molecular weight excluding hydrogens is 284 g/mol. The van der Waals surface area contributed by atoms with Gasteiger partial charge in [0.05, 0.1) is 4.90 Å². The van der Waals surface area contributed by atoms with E-state index in [1.807, 2.05) is 0 Å². The van der Waals surface area contributed by atoms with Gasteiger partial charge in [0.15, 0.2) is 9.84 Å². The van der Waals surface area contributed by atoms with Gasteiger partial charge in [-0.1, -0.05) is 12.1 Å². The number of benzene rings is 2. The zero-order valence-electron chi connectivity index (χ0n) is 10.5. The van der Waals surface area contributed by atoms with Crippen molar-refractivity contribution in [3.05, 3.63) is 65.7 Å². The molecule has 106 valence electrons. The van der Waals surface area contributed by atoms with Crippen LogP contribution in [0.1, 0.15) is 10.8 Å². The smallest absolute Gasteiger partial charge is 0.186 e. The van der Waals surface area contributed by atoms with Crippen molar-refractivity contribution in [1.82, 2.24) is 0 Å². The van der Waals surface area contributed by atoms with Gasteiger partial charge in [0.1, 0.15) is 16.9 Å². The van der Waals surface area contributed by atoms with Gasteiger partial charge in [-0.15, -0.1) is 0 Å². The van der Waals surface area contributed by atoms with Gasteiger partial charge < -0.3 is 5.73 Å². The van der Waals surface area contributed by atoms with E-state index in [0.29, 0.717) is 0 Å². The summed E-state index contributed by atoms with van der Waals surface area (Å²) in [7, 11) is -3.80. The maximum absolute atomic E-state index is 13.2. The maximum atomic E-state index is 13.2. The van der Waals surface area contributed by atoms with Gasteiger partial charge in [-0.25, -0.2) is 17.2 Å². The summed E-state index contributed by atoms with van der Waals surface area (Å²) in [6.07, 6.45) is 0. The van der Waals surface area contributed by atoms with Crippen molar-refractivity contribution in [1.29, 1.82) is 0 Å². The fourth-order valence-electron chi connectivity index (χ4n) is 1.94. The Morgan fingerprint density at radius 3 is 2.20 bits per heavy atom. The molecule has 0 saturated heterocycles. The molecule has 0 aromatic heterocycles. The van der Waals surface area contributed by atoms with Gasteiger partial charge >= 0.3 is 0 Å². The van der Waals surface area contributed by atoms with E-state index in [2.05, 4.69) is 0 Å². The third-order valence-corrected chi connectivity index (χ3v) is 5.09. The Labute approximate surface area is 116 Å². The molecule has 2 aromatic rings. The van der Waals surface area contributed by atoms with Crippen LogP contribution in [0, 0.1) is 11.6 Å². The lowest BCUT2D eigenvalue weighted by Crippen LogP contribution is -2.22. The van der Waals surface area contributed by atoms with Crippen LogP contribution in [-0.2, 0) is 9.84 Å². The molecule has 2 N–H and O–H groups in total. The minimum absolute atomic E-state index is 0.0430. The summed E-state index contributed by atoms with van der Waals surface area (Å²) in [4.78, 5) is -0.0430. The second kappa shape index (κ2) is 5.68. The zero-order chi connectivity index (χ0) is 14.8. The van der Waals surface area contributed by atoms with E-state index in [4.69, 9.17) is 5.73 Å². The van der Waals surface area contributed by atoms with Crippen molar-refractivity contribution in [2.24, 2.45) is 5.73 Å². The molecule has 0 radical (unpaired) electrons. The summed E-state index contributed by atoms with van der Waals surface area (Å²) >= 11 is 0. The molecule has 0 unspecified atom stereocenters. The molecular formula is C14H13F2NO2S. The lowest BCUT2D eigenvalue weighted by Gasteiger charge is -2.16. The maximum Gasteiger partial charge on any atom is 0.186 e. The van der Waals surface area contributed by atoms with Crippen LogP contribution in [0.5, 0.6) is 0 Å². The Kier molecular flexibility index (Phi) is 4.15. The van der Waals surface area contributed by atoms with Crippen LogP contribution in [0.25, 0.3) is 0 Å². The number of sulfone groups is 1. The van der Waals surface area contributed by atoms with Gasteiger partial charge in [0.2, 0.25) is 0 Å². The number of rotatable bonds is 4. The van der Waals surface area contributed by atoms with Crippen LogP contribution in [0.2, 0.25) is 0 Å². The van der Waals surface area contributed by atoms with Gasteiger partial charge in [-0.2, -0.15) is 0 Å². The first kappa shape index (κ1) is 14.6. The Bertz CT molecular complexity index is 699. The first-order valence-corrected chi connectivity index (χ1v) is 7.45. The van der Waals surface area contributed by atoms with Crippen molar-refractivity contribution in [2.45, 2.75) is 10.1 Å². The van der Waals surface area contributed by atoms with E-state index in [9.17, 15) is 17.2 Å². The van der Waals surface area contributed by atoms with Crippen LogP contribution >= 0.6 is 0 Å². The molecule has 2 rings (SSSR count). The average molecular weight is 297 g/mol. The quantitative estimate of drug-likeness (QED) is 0.882. The van der Waals surface area contributed by atoms with Crippen molar-refractivity contribution in [3.8, 4) is 0 Å². The van der Waals surface area contributed by atoms with Crippen LogP contribution < -0.4 is 5.73 Å². The zero-order valence-corrected chi connectivity index (χ0v) is 11.3. The largest absolute Gasteiger partial charge is 0.329 e. The minimum Gasteiger partial charge on any atom is -0.329 e. The average Bonchev–Trinajstić information content (AvgIpc) is 2.40. The first-order valence-electron chi connectivity index (χ1n) is 5.90. The van der Waals surface area contributed by atoms with Crippen molar-refractivity contribution >= 4 is 9.84 Å². The summed E-state index contributed by atoms with van der Waals surface area (Å²) in [5.41, 5.74) is 5.81. The van der Waals surface area contributed by atoms with Gasteiger partial charge in [0, 0.05) is 6.54 Å². The molecule has 0 aliphatic heterocycles. The topological polar surface area (TPSA) is 60.2 Å². The fraction of sp³-hybridized carbons (Fsp3) is 0.143. The van der Waals surface area contributed by atoms with Gasteiger partial charge in [-0.3, -0.25) is 0 Å². The van der Waals surface area contributed by atoms with Gasteiger partial charge in [-0.05, 0) is 42.0 Å². The third kappa shape index (κ3) is 2.86. The van der Waals surface area contributed by atoms with E-state index < -0.39 is 26.7 Å². The molecule has 0 aliphatic carbocycles. The Morgan fingerprint density at radius 2 is 1.65 bits per heavy atom. The molecule has 6 heteroatoms. The van der Waals surface area contributed by atoms with Gasteiger partial charge in [0.25, 0.3) is 0 Å². The number of hydrogen-bond donors (Lipinski definition) is 1. The van der Waals surface area contributed by atoms with E-state index in [-0.39, 0.29) is 17.0 Å². The molecule has 0 amide bonds. The highest BCUT2D eigenvalue weighted by Crippen LogP contribution is 2.28. The molecule has 3 nitrogen and oxygen atoms in total. The second-order valence-corrected chi connectivity index (χ2v) is 6.41.